The van der Waals surface area contributed by atoms with Crippen molar-refractivity contribution in [3.63, 3.8) is 0 Å². The van der Waals surface area contributed by atoms with E-state index >= 15 is 0 Å². The molecule has 0 spiro atoms. The average Bonchev–Trinajstić information content (AvgIpc) is 3.12. The number of H-pyrrole nitrogens is 1. The number of β-amino-alcohol motifs (C(OH)–C–C–N with tert-alkyl or cyclic N) is 1. The Morgan fingerprint density at radius 3 is 2.71 bits per heavy atom. The molecule has 2 aromatic rings. The minimum Gasteiger partial charge on any atom is -0.444 e. The second kappa shape index (κ2) is 6.24. The lowest BCUT2D eigenvalue weighted by Crippen LogP contribution is -2.37. The summed E-state index contributed by atoms with van der Waals surface area (Å²) in [4.78, 5) is 18.4. The van der Waals surface area contributed by atoms with E-state index in [0.29, 0.717) is 18.1 Å². The van der Waals surface area contributed by atoms with Crippen molar-refractivity contribution in [3.05, 3.63) is 36.2 Å². The first-order valence-electron chi connectivity index (χ1n) is 7.99. The molecule has 1 aliphatic heterocycles. The summed E-state index contributed by atoms with van der Waals surface area (Å²) in [6.45, 7) is 5.66. The van der Waals surface area contributed by atoms with Crippen molar-refractivity contribution in [1.82, 2.24) is 20.1 Å². The first-order valence-corrected chi connectivity index (χ1v) is 7.99. The van der Waals surface area contributed by atoms with Gasteiger partial charge in [0.25, 0.3) is 0 Å². The number of hydrogen-bond donors (Lipinski definition) is 2. The maximum atomic E-state index is 12.4. The van der Waals surface area contributed by atoms with Gasteiger partial charge in [-0.3, -0.25) is 10.00 Å². The standard InChI is InChI=1S/C17H22N4O3/c1-17(2,3)24-16(23)21-10-12(22)9-13(21)15-18-14(19-20-15)11-7-5-4-6-8-11/h4-8,12-13,22H,9-10H2,1-3H3,(H,18,19,20)/t12-,13+/m1/s1. The summed E-state index contributed by atoms with van der Waals surface area (Å²) in [6, 6.07) is 9.22. The van der Waals surface area contributed by atoms with Crippen LogP contribution in [0.4, 0.5) is 4.79 Å². The van der Waals surface area contributed by atoms with Crippen molar-refractivity contribution in [3.8, 4) is 11.4 Å². The number of hydrogen-bond acceptors (Lipinski definition) is 5. The van der Waals surface area contributed by atoms with Crippen molar-refractivity contribution < 1.29 is 14.6 Å². The Labute approximate surface area is 140 Å². The van der Waals surface area contributed by atoms with Crippen molar-refractivity contribution >= 4 is 6.09 Å². The largest absolute Gasteiger partial charge is 0.444 e. The number of aliphatic hydroxyl groups excluding tert-OH is 1. The number of benzene rings is 1. The van der Waals surface area contributed by atoms with Gasteiger partial charge in [-0.05, 0) is 20.8 Å². The van der Waals surface area contributed by atoms with Crippen molar-refractivity contribution in [2.45, 2.75) is 44.9 Å². The fourth-order valence-corrected chi connectivity index (χ4v) is 2.74. The molecule has 0 aliphatic carbocycles. The van der Waals surface area contributed by atoms with Crippen LogP contribution in [0.5, 0.6) is 0 Å². The lowest BCUT2D eigenvalue weighted by atomic mass is 10.2. The molecule has 24 heavy (non-hydrogen) atoms. The molecule has 128 valence electrons. The summed E-state index contributed by atoms with van der Waals surface area (Å²) in [7, 11) is 0. The van der Waals surface area contributed by atoms with Crippen LogP contribution in [0.1, 0.15) is 39.1 Å². The highest BCUT2D eigenvalue weighted by atomic mass is 16.6. The molecule has 2 atom stereocenters. The van der Waals surface area contributed by atoms with Gasteiger partial charge in [0.2, 0.25) is 0 Å². The van der Waals surface area contributed by atoms with E-state index in [4.69, 9.17) is 4.74 Å². The van der Waals surface area contributed by atoms with E-state index in [2.05, 4.69) is 15.2 Å². The third-order valence-corrected chi connectivity index (χ3v) is 3.76. The van der Waals surface area contributed by atoms with Gasteiger partial charge < -0.3 is 9.84 Å². The zero-order chi connectivity index (χ0) is 17.3. The monoisotopic (exact) mass is 330 g/mol. The third kappa shape index (κ3) is 3.56. The van der Waals surface area contributed by atoms with E-state index in [9.17, 15) is 9.90 Å². The van der Waals surface area contributed by atoms with Crippen LogP contribution >= 0.6 is 0 Å². The van der Waals surface area contributed by atoms with Crippen LogP contribution in [0.2, 0.25) is 0 Å². The summed E-state index contributed by atoms with van der Waals surface area (Å²) in [6.07, 6.45) is -0.655. The summed E-state index contributed by atoms with van der Waals surface area (Å²) < 4.78 is 5.43. The molecule has 0 saturated carbocycles. The van der Waals surface area contributed by atoms with Gasteiger partial charge >= 0.3 is 6.09 Å². The van der Waals surface area contributed by atoms with E-state index in [1.54, 1.807) is 0 Å². The number of ether oxygens (including phenoxy) is 1. The van der Waals surface area contributed by atoms with Gasteiger partial charge in [-0.1, -0.05) is 30.3 Å². The number of carbonyl (C=O) groups excluding carboxylic acids is 1. The molecule has 0 unspecified atom stereocenters. The minimum absolute atomic E-state index is 0.223. The molecule has 1 aromatic heterocycles. The topological polar surface area (TPSA) is 91.3 Å². The van der Waals surface area contributed by atoms with E-state index in [0.717, 1.165) is 5.56 Å². The first kappa shape index (κ1) is 16.4. The number of carbonyl (C=O) groups is 1. The second-order valence-electron chi connectivity index (χ2n) is 6.95. The molecule has 7 nitrogen and oxygen atoms in total. The van der Waals surface area contributed by atoms with Gasteiger partial charge in [-0.15, -0.1) is 0 Å². The zero-order valence-corrected chi connectivity index (χ0v) is 14.1. The van der Waals surface area contributed by atoms with Crippen LogP contribution in [-0.2, 0) is 4.74 Å². The number of nitrogens with zero attached hydrogens (tertiary/aromatic N) is 3. The van der Waals surface area contributed by atoms with Gasteiger partial charge in [0.1, 0.15) is 11.4 Å². The van der Waals surface area contributed by atoms with Gasteiger partial charge in [-0.25, -0.2) is 9.78 Å². The van der Waals surface area contributed by atoms with Crippen LogP contribution in [0.3, 0.4) is 0 Å². The first-order chi connectivity index (χ1) is 11.3. The molecule has 2 heterocycles. The normalized spacial score (nSPS) is 21.1. The molecule has 2 N–H and O–H groups in total. The van der Waals surface area contributed by atoms with Crippen LogP contribution in [0.25, 0.3) is 11.4 Å². The molecule has 1 saturated heterocycles. The molecule has 1 aromatic carbocycles. The number of aromatic nitrogens is 3. The molecular weight excluding hydrogens is 308 g/mol. The van der Waals surface area contributed by atoms with Crippen LogP contribution in [0.15, 0.2) is 30.3 Å². The predicted molar refractivity (Wildman–Crippen MR) is 88.1 cm³/mol. The quantitative estimate of drug-likeness (QED) is 0.883. The number of aromatic amines is 1. The number of aliphatic hydroxyl groups is 1. The maximum absolute atomic E-state index is 12.4. The maximum Gasteiger partial charge on any atom is 0.411 e. The predicted octanol–water partition coefficient (Wildman–Crippen LogP) is 2.51. The highest BCUT2D eigenvalue weighted by molar-refractivity contribution is 5.69. The molecule has 7 heteroatoms. The number of amides is 1. The highest BCUT2D eigenvalue weighted by Crippen LogP contribution is 2.32. The molecule has 1 amide bonds. The molecule has 3 rings (SSSR count). The van der Waals surface area contributed by atoms with Crippen LogP contribution < -0.4 is 0 Å². The van der Waals surface area contributed by atoms with Gasteiger partial charge in [0.05, 0.1) is 18.7 Å². The summed E-state index contributed by atoms with van der Waals surface area (Å²) >= 11 is 0. The van der Waals surface area contributed by atoms with Crippen LogP contribution in [-0.4, -0.2) is 49.5 Å². The molecule has 1 fully saturated rings. The Kier molecular flexibility index (Phi) is 4.28. The van der Waals surface area contributed by atoms with Crippen molar-refractivity contribution in [1.29, 1.82) is 0 Å². The average molecular weight is 330 g/mol. The SMILES string of the molecule is CC(C)(C)OC(=O)N1C[C@H](O)C[C@H]1c1nc(-c2ccccc2)n[nH]1. The Hall–Kier alpha value is -2.41. The lowest BCUT2D eigenvalue weighted by molar-refractivity contribution is 0.0201. The smallest absolute Gasteiger partial charge is 0.411 e. The van der Waals surface area contributed by atoms with E-state index < -0.39 is 17.8 Å². The van der Waals surface area contributed by atoms with Gasteiger partial charge in [-0.2, -0.15) is 5.10 Å². The molecule has 0 radical (unpaired) electrons. The third-order valence-electron chi connectivity index (χ3n) is 3.76. The lowest BCUT2D eigenvalue weighted by Gasteiger charge is -2.27. The van der Waals surface area contributed by atoms with Crippen LogP contribution in [0, 0.1) is 0 Å². The molecule has 1 aliphatic rings. The van der Waals surface area contributed by atoms with Gasteiger partial charge in [0.15, 0.2) is 5.82 Å². The van der Waals surface area contributed by atoms with E-state index in [-0.39, 0.29) is 12.6 Å². The van der Waals surface area contributed by atoms with Crippen molar-refractivity contribution in [2.24, 2.45) is 0 Å². The summed E-state index contributed by atoms with van der Waals surface area (Å²) in [5.74, 6) is 1.12. The second-order valence-corrected chi connectivity index (χ2v) is 6.95. The Balaban J connectivity index is 1.82. The highest BCUT2D eigenvalue weighted by Gasteiger charge is 2.39. The number of likely N-dealkylation sites (tertiary alicyclic amines) is 1. The fraction of sp³-hybridized carbons (Fsp3) is 0.471. The number of nitrogens with one attached hydrogen (secondary N) is 1. The molecular formula is C17H22N4O3. The van der Waals surface area contributed by atoms with Gasteiger partial charge in [0, 0.05) is 12.0 Å². The van der Waals surface area contributed by atoms with E-state index in [1.807, 2.05) is 51.1 Å². The zero-order valence-electron chi connectivity index (χ0n) is 14.1. The summed E-state index contributed by atoms with van der Waals surface area (Å²) in [5, 5.41) is 17.1. The van der Waals surface area contributed by atoms with E-state index in [1.165, 1.54) is 4.90 Å². The van der Waals surface area contributed by atoms with Crippen molar-refractivity contribution in [2.75, 3.05) is 6.54 Å². The fourth-order valence-electron chi connectivity index (χ4n) is 2.74. The minimum atomic E-state index is -0.604. The Morgan fingerprint density at radius 2 is 2.04 bits per heavy atom. The Bertz CT molecular complexity index is 708. The Morgan fingerprint density at radius 1 is 1.33 bits per heavy atom. The number of rotatable bonds is 2. The summed E-state index contributed by atoms with van der Waals surface area (Å²) in [5.41, 5.74) is 0.300. The molecule has 0 bridgehead atoms.